The molecule has 0 bridgehead atoms. The smallest absolute Gasteiger partial charge is 0.253 e. The molecule has 0 spiro atoms. The van der Waals surface area contributed by atoms with Crippen molar-refractivity contribution in [2.75, 3.05) is 13.1 Å². The number of nitrogens with zero attached hydrogens (tertiary/aromatic N) is 2. The monoisotopic (exact) mass is 403 g/mol. The first-order chi connectivity index (χ1) is 14.5. The predicted molar refractivity (Wildman–Crippen MR) is 112 cm³/mol. The van der Waals surface area contributed by atoms with E-state index in [1.165, 1.54) is 18.2 Å². The lowest BCUT2D eigenvalue weighted by Gasteiger charge is -2.27. The molecule has 0 unspecified atom stereocenters. The molecular weight excluding hydrogens is 381 g/mol. The van der Waals surface area contributed by atoms with Crippen LogP contribution in [-0.2, 0) is 11.2 Å². The molecule has 0 aliphatic carbocycles. The van der Waals surface area contributed by atoms with Crippen molar-refractivity contribution in [2.24, 2.45) is 11.1 Å². The van der Waals surface area contributed by atoms with Crippen LogP contribution >= 0.6 is 0 Å². The quantitative estimate of drug-likeness (QED) is 0.709. The van der Waals surface area contributed by atoms with Crippen LogP contribution in [0.3, 0.4) is 0 Å². The number of carbonyl (C=O) groups is 2. The maximum Gasteiger partial charge on any atom is 0.253 e. The molecule has 1 aliphatic rings. The van der Waals surface area contributed by atoms with Crippen LogP contribution in [0.4, 0.5) is 4.39 Å². The topological polar surface area (TPSA) is 76.3 Å². The zero-order valence-corrected chi connectivity index (χ0v) is 16.4. The first-order valence-corrected chi connectivity index (χ1v) is 9.82. The molecule has 1 saturated heterocycles. The first-order valence-electron chi connectivity index (χ1n) is 9.82. The van der Waals surface area contributed by atoms with Crippen LogP contribution in [0.2, 0.25) is 0 Å². The molecule has 1 aromatic heterocycles. The number of rotatable bonds is 5. The van der Waals surface area contributed by atoms with Crippen LogP contribution in [0.1, 0.15) is 22.3 Å². The van der Waals surface area contributed by atoms with E-state index in [0.717, 1.165) is 16.7 Å². The van der Waals surface area contributed by atoms with E-state index in [0.29, 0.717) is 19.4 Å². The molecule has 152 valence electrons. The van der Waals surface area contributed by atoms with E-state index in [9.17, 15) is 14.0 Å². The summed E-state index contributed by atoms with van der Waals surface area (Å²) < 4.78 is 13.5. The zero-order valence-electron chi connectivity index (χ0n) is 16.4. The van der Waals surface area contributed by atoms with E-state index in [2.05, 4.69) is 4.98 Å². The molecule has 5 nitrogen and oxygen atoms in total. The van der Waals surface area contributed by atoms with E-state index in [-0.39, 0.29) is 18.0 Å². The summed E-state index contributed by atoms with van der Waals surface area (Å²) in [5, 5.41) is 0. The van der Waals surface area contributed by atoms with E-state index in [4.69, 9.17) is 5.73 Å². The predicted octanol–water partition coefficient (Wildman–Crippen LogP) is 3.45. The molecule has 0 saturated carbocycles. The van der Waals surface area contributed by atoms with Gasteiger partial charge < -0.3 is 10.6 Å². The van der Waals surface area contributed by atoms with Crippen molar-refractivity contribution in [3.8, 4) is 11.1 Å². The summed E-state index contributed by atoms with van der Waals surface area (Å²) in [6.07, 6.45) is 4.37. The molecule has 3 aromatic rings. The maximum atomic E-state index is 13.5. The van der Waals surface area contributed by atoms with Crippen molar-refractivity contribution in [2.45, 2.75) is 12.8 Å². The fraction of sp³-hybridized carbons (Fsp3) is 0.208. The van der Waals surface area contributed by atoms with Crippen molar-refractivity contribution in [1.82, 2.24) is 9.88 Å². The van der Waals surface area contributed by atoms with Gasteiger partial charge in [-0.15, -0.1) is 0 Å². The van der Waals surface area contributed by atoms with Gasteiger partial charge in [0.05, 0.1) is 5.41 Å². The van der Waals surface area contributed by atoms with E-state index in [1.807, 2.05) is 36.4 Å². The van der Waals surface area contributed by atoms with Gasteiger partial charge in [0.1, 0.15) is 5.82 Å². The number of halogens is 1. The number of amides is 2. The van der Waals surface area contributed by atoms with Crippen molar-refractivity contribution in [3.05, 3.63) is 90.0 Å². The lowest BCUT2D eigenvalue weighted by molar-refractivity contribution is -0.126. The summed E-state index contributed by atoms with van der Waals surface area (Å²) in [6.45, 7) is 0.604. The molecule has 1 aliphatic heterocycles. The highest BCUT2D eigenvalue weighted by Crippen LogP contribution is 2.37. The molecule has 4 rings (SSSR count). The van der Waals surface area contributed by atoms with Crippen molar-refractivity contribution in [3.63, 3.8) is 0 Å². The molecule has 2 amide bonds. The largest absolute Gasteiger partial charge is 0.369 e. The zero-order chi connectivity index (χ0) is 21.1. The number of benzene rings is 2. The number of likely N-dealkylation sites (tertiary alicyclic amines) is 1. The van der Waals surface area contributed by atoms with Gasteiger partial charge in [-0.2, -0.15) is 0 Å². The third-order valence-corrected chi connectivity index (χ3v) is 5.75. The molecule has 6 heteroatoms. The molecule has 1 atom stereocenters. The van der Waals surface area contributed by atoms with Crippen LogP contribution in [0.15, 0.2) is 73.1 Å². The molecule has 1 fully saturated rings. The Morgan fingerprint density at radius 1 is 1.10 bits per heavy atom. The highest BCUT2D eigenvalue weighted by Gasteiger charge is 2.45. The summed E-state index contributed by atoms with van der Waals surface area (Å²) in [4.78, 5) is 31.2. The Morgan fingerprint density at radius 2 is 1.93 bits per heavy atom. The van der Waals surface area contributed by atoms with Crippen LogP contribution in [0.25, 0.3) is 11.1 Å². The Morgan fingerprint density at radius 3 is 2.67 bits per heavy atom. The number of nitrogens with two attached hydrogens (primary N) is 1. The minimum absolute atomic E-state index is 0.207. The second kappa shape index (κ2) is 8.06. The highest BCUT2D eigenvalue weighted by molar-refractivity contribution is 5.95. The van der Waals surface area contributed by atoms with Gasteiger partial charge in [-0.25, -0.2) is 4.39 Å². The average molecular weight is 403 g/mol. The van der Waals surface area contributed by atoms with Gasteiger partial charge in [0.15, 0.2) is 0 Å². The van der Waals surface area contributed by atoms with Gasteiger partial charge in [0.25, 0.3) is 5.91 Å². The highest BCUT2D eigenvalue weighted by atomic mass is 19.1. The first kappa shape index (κ1) is 19.8. The lowest BCUT2D eigenvalue weighted by Crippen LogP contribution is -2.42. The molecular formula is C24H22FN3O2. The number of pyridine rings is 1. The van der Waals surface area contributed by atoms with Gasteiger partial charge in [-0.3, -0.25) is 14.6 Å². The van der Waals surface area contributed by atoms with Gasteiger partial charge in [0, 0.05) is 36.6 Å². The van der Waals surface area contributed by atoms with Crippen molar-refractivity contribution < 1.29 is 14.0 Å². The second-order valence-electron chi connectivity index (χ2n) is 7.71. The lowest BCUT2D eigenvalue weighted by atomic mass is 9.78. The SMILES string of the molecule is NC(=O)[C@@]1(Cc2ccccc2-c2cccnc2)CCN(C(=O)c2cccc(F)c2)C1. The van der Waals surface area contributed by atoms with Gasteiger partial charge in [-0.1, -0.05) is 36.4 Å². The summed E-state index contributed by atoms with van der Waals surface area (Å²) in [5.41, 5.74) is 8.16. The molecule has 2 aromatic carbocycles. The third-order valence-electron chi connectivity index (χ3n) is 5.75. The Balaban J connectivity index is 1.62. The van der Waals surface area contributed by atoms with Crippen molar-refractivity contribution in [1.29, 1.82) is 0 Å². The Kier molecular flexibility index (Phi) is 5.31. The molecule has 2 heterocycles. The number of aromatic nitrogens is 1. The maximum absolute atomic E-state index is 13.5. The third kappa shape index (κ3) is 3.81. The fourth-order valence-electron chi connectivity index (χ4n) is 4.13. The van der Waals surface area contributed by atoms with Crippen molar-refractivity contribution >= 4 is 11.8 Å². The molecule has 0 radical (unpaired) electrons. The number of hydrogen-bond donors (Lipinski definition) is 1. The summed E-state index contributed by atoms with van der Waals surface area (Å²) >= 11 is 0. The van der Waals surface area contributed by atoms with Crippen LogP contribution in [0.5, 0.6) is 0 Å². The van der Waals surface area contributed by atoms with Gasteiger partial charge in [0.2, 0.25) is 5.91 Å². The van der Waals surface area contributed by atoms with Crippen LogP contribution < -0.4 is 5.73 Å². The number of carbonyl (C=O) groups excluding carboxylic acids is 2. The number of primary amides is 1. The second-order valence-corrected chi connectivity index (χ2v) is 7.71. The minimum Gasteiger partial charge on any atom is -0.369 e. The minimum atomic E-state index is -0.874. The average Bonchev–Trinajstić information content (AvgIpc) is 3.20. The van der Waals surface area contributed by atoms with E-state index < -0.39 is 17.1 Å². The summed E-state index contributed by atoms with van der Waals surface area (Å²) in [5.74, 6) is -1.19. The molecule has 2 N–H and O–H groups in total. The summed E-state index contributed by atoms with van der Waals surface area (Å²) in [7, 11) is 0. The van der Waals surface area contributed by atoms with Crippen LogP contribution in [0, 0.1) is 11.2 Å². The normalized spacial score (nSPS) is 18.4. The molecule has 30 heavy (non-hydrogen) atoms. The van der Waals surface area contributed by atoms with E-state index in [1.54, 1.807) is 23.4 Å². The standard InChI is InChI=1S/C24H22FN3O2/c25-20-8-3-6-17(13-20)22(29)28-12-10-24(16-28,23(26)30)14-18-5-1-2-9-21(18)19-7-4-11-27-15-19/h1-9,11,13,15H,10,12,14,16H2,(H2,26,30)/t24-/m1/s1. The Bertz CT molecular complexity index is 1090. The number of hydrogen-bond acceptors (Lipinski definition) is 3. The van der Waals surface area contributed by atoms with Gasteiger partial charge in [-0.05, 0) is 48.2 Å². The Labute approximate surface area is 174 Å². The Hall–Kier alpha value is -3.54. The summed E-state index contributed by atoms with van der Waals surface area (Å²) in [6, 6.07) is 17.3. The van der Waals surface area contributed by atoms with Gasteiger partial charge >= 0.3 is 0 Å². The van der Waals surface area contributed by atoms with Crippen LogP contribution in [-0.4, -0.2) is 34.8 Å². The fourth-order valence-corrected chi connectivity index (χ4v) is 4.13. The van der Waals surface area contributed by atoms with E-state index >= 15 is 0 Å².